The van der Waals surface area contributed by atoms with Gasteiger partial charge in [0.25, 0.3) is 0 Å². The lowest BCUT2D eigenvalue weighted by Crippen LogP contribution is -2.64. The number of esters is 2. The SMILES string of the molecule is CC(=O)O[C@H]1C[C@]2(C(C)(C)O)CO[C@@](c3ccc(C)c(Cc4ccc(CCCC(=O)N5CCCC[C@H]5C(=O)NCCN(C)C)cc4)c3)(O2)[C@@H]1OC(C)=O. The third kappa shape index (κ3) is 9.28. The molecule has 0 aliphatic carbocycles. The molecule has 3 fully saturated rings. The molecular formula is C41H57N3O9. The average Bonchev–Trinajstić information content (AvgIpc) is 3.44. The number of ether oxygens (including phenoxy) is 4. The number of benzene rings is 2. The molecule has 2 bridgehead atoms. The number of hydrogen-bond donors (Lipinski definition) is 2. The topological polar surface area (TPSA) is 144 Å². The molecule has 3 aliphatic rings. The van der Waals surface area contributed by atoms with E-state index < -0.39 is 47.2 Å². The summed E-state index contributed by atoms with van der Waals surface area (Å²) in [7, 11) is 3.93. The molecule has 2 aromatic carbocycles. The van der Waals surface area contributed by atoms with Crippen molar-refractivity contribution in [3.63, 3.8) is 0 Å². The summed E-state index contributed by atoms with van der Waals surface area (Å²) in [6, 6.07) is 13.7. The Hall–Kier alpha value is -3.84. The number of nitrogens with one attached hydrogen (secondary N) is 1. The molecule has 0 unspecified atom stereocenters. The lowest BCUT2D eigenvalue weighted by atomic mass is 9.77. The molecule has 12 nitrogen and oxygen atoms in total. The maximum Gasteiger partial charge on any atom is 0.303 e. The van der Waals surface area contributed by atoms with Crippen LogP contribution in [0.4, 0.5) is 0 Å². The summed E-state index contributed by atoms with van der Waals surface area (Å²) >= 11 is 0. The van der Waals surface area contributed by atoms with Gasteiger partial charge in [0, 0.05) is 51.9 Å². The van der Waals surface area contributed by atoms with Gasteiger partial charge in [-0.2, -0.15) is 0 Å². The summed E-state index contributed by atoms with van der Waals surface area (Å²) in [6.45, 7) is 9.80. The van der Waals surface area contributed by atoms with Gasteiger partial charge in [0.05, 0.1) is 12.2 Å². The summed E-state index contributed by atoms with van der Waals surface area (Å²) < 4.78 is 24.5. The van der Waals surface area contributed by atoms with E-state index in [1.54, 1.807) is 18.7 Å². The Kier molecular flexibility index (Phi) is 12.7. The monoisotopic (exact) mass is 735 g/mol. The van der Waals surface area contributed by atoms with E-state index in [1.807, 2.05) is 44.1 Å². The quantitative estimate of drug-likeness (QED) is 0.274. The second kappa shape index (κ2) is 16.7. The number of carbonyl (C=O) groups is 4. The van der Waals surface area contributed by atoms with Crippen molar-refractivity contribution < 1.29 is 43.2 Å². The number of likely N-dealkylation sites (tertiary alicyclic amines) is 1. The van der Waals surface area contributed by atoms with E-state index >= 15 is 0 Å². The fourth-order valence-electron chi connectivity index (χ4n) is 7.73. The average molecular weight is 736 g/mol. The molecule has 53 heavy (non-hydrogen) atoms. The molecular weight excluding hydrogens is 678 g/mol. The number of aliphatic hydroxyl groups is 1. The third-order valence-corrected chi connectivity index (χ3v) is 10.8. The fraction of sp³-hybridized carbons (Fsp3) is 0.610. The van der Waals surface area contributed by atoms with E-state index in [4.69, 9.17) is 18.9 Å². The van der Waals surface area contributed by atoms with Crippen molar-refractivity contribution in [2.24, 2.45) is 0 Å². The molecule has 0 saturated carbocycles. The van der Waals surface area contributed by atoms with Gasteiger partial charge >= 0.3 is 11.9 Å². The van der Waals surface area contributed by atoms with E-state index in [0.717, 1.165) is 48.1 Å². The first-order valence-corrected chi connectivity index (χ1v) is 18.8. The minimum Gasteiger partial charge on any atom is -0.458 e. The van der Waals surface area contributed by atoms with Crippen LogP contribution < -0.4 is 5.32 Å². The summed E-state index contributed by atoms with van der Waals surface area (Å²) in [5.74, 6) is -2.76. The van der Waals surface area contributed by atoms with Gasteiger partial charge in [0.1, 0.15) is 17.7 Å². The molecule has 3 heterocycles. The highest BCUT2D eigenvalue weighted by Crippen LogP contribution is 2.55. The second-order valence-electron chi connectivity index (χ2n) is 15.7. The van der Waals surface area contributed by atoms with E-state index in [1.165, 1.54) is 13.8 Å². The minimum atomic E-state index is -1.61. The smallest absolute Gasteiger partial charge is 0.303 e. The van der Waals surface area contributed by atoms with Gasteiger partial charge < -0.3 is 39.2 Å². The van der Waals surface area contributed by atoms with Crippen LogP contribution in [0.5, 0.6) is 0 Å². The molecule has 5 rings (SSSR count). The van der Waals surface area contributed by atoms with Crippen molar-refractivity contribution in [2.75, 3.05) is 40.3 Å². The van der Waals surface area contributed by atoms with Gasteiger partial charge in [-0.15, -0.1) is 0 Å². The van der Waals surface area contributed by atoms with Crippen molar-refractivity contribution in [3.05, 3.63) is 70.3 Å². The molecule has 2 amide bonds. The number of nitrogens with zero attached hydrogens (tertiary/aromatic N) is 2. The zero-order chi connectivity index (χ0) is 38.6. The van der Waals surface area contributed by atoms with Gasteiger partial charge in [-0.3, -0.25) is 19.2 Å². The third-order valence-electron chi connectivity index (χ3n) is 10.8. The lowest BCUT2D eigenvalue weighted by molar-refractivity contribution is -0.323. The van der Waals surface area contributed by atoms with Gasteiger partial charge in [-0.25, -0.2) is 0 Å². The molecule has 0 radical (unpaired) electrons. The summed E-state index contributed by atoms with van der Waals surface area (Å²) in [4.78, 5) is 54.4. The van der Waals surface area contributed by atoms with Crippen molar-refractivity contribution in [3.8, 4) is 0 Å². The lowest BCUT2D eigenvalue weighted by Gasteiger charge is -2.49. The highest BCUT2D eigenvalue weighted by Gasteiger charge is 2.69. The maximum atomic E-state index is 13.2. The van der Waals surface area contributed by atoms with E-state index in [9.17, 15) is 24.3 Å². The Labute approximate surface area is 313 Å². The first-order valence-electron chi connectivity index (χ1n) is 18.8. The number of fused-ring (bicyclic) bond motifs is 2. The van der Waals surface area contributed by atoms with Crippen molar-refractivity contribution in [1.29, 1.82) is 0 Å². The highest BCUT2D eigenvalue weighted by atomic mass is 16.8. The predicted octanol–water partition coefficient (Wildman–Crippen LogP) is 3.94. The Bertz CT molecular complexity index is 1640. The van der Waals surface area contributed by atoms with Crippen LogP contribution in [0, 0.1) is 6.92 Å². The summed E-state index contributed by atoms with van der Waals surface area (Å²) in [6.07, 6.45) is 3.07. The van der Waals surface area contributed by atoms with Crippen molar-refractivity contribution in [1.82, 2.24) is 15.1 Å². The number of amides is 2. The van der Waals surface area contributed by atoms with Gasteiger partial charge in [-0.05, 0) is 102 Å². The first kappa shape index (κ1) is 40.3. The van der Waals surface area contributed by atoms with Gasteiger partial charge in [0.15, 0.2) is 6.10 Å². The number of piperidine rings is 1. The zero-order valence-electron chi connectivity index (χ0n) is 32.4. The second-order valence-corrected chi connectivity index (χ2v) is 15.7. The maximum absolute atomic E-state index is 13.2. The minimum absolute atomic E-state index is 0.00724. The first-order chi connectivity index (χ1) is 25.0. The van der Waals surface area contributed by atoms with E-state index in [-0.39, 0.29) is 24.8 Å². The molecule has 5 atom stereocenters. The Morgan fingerprint density at radius 3 is 2.38 bits per heavy atom. The normalized spacial score (nSPS) is 25.6. The van der Waals surface area contributed by atoms with Crippen LogP contribution in [-0.4, -0.2) is 108 Å². The Morgan fingerprint density at radius 1 is 1.02 bits per heavy atom. The van der Waals surface area contributed by atoms with E-state index in [0.29, 0.717) is 44.3 Å². The van der Waals surface area contributed by atoms with Crippen LogP contribution in [-0.2, 0) is 56.8 Å². The number of rotatable bonds is 14. The summed E-state index contributed by atoms with van der Waals surface area (Å²) in [5.41, 5.74) is 2.26. The van der Waals surface area contributed by atoms with Crippen molar-refractivity contribution in [2.45, 2.75) is 121 Å². The molecule has 0 aromatic heterocycles. The molecule has 2 N–H and O–H groups in total. The van der Waals surface area contributed by atoms with Crippen LogP contribution in [0.2, 0.25) is 0 Å². The van der Waals surface area contributed by atoms with Crippen LogP contribution in [0.1, 0.15) is 94.0 Å². The number of aryl methyl sites for hydroxylation is 2. The molecule has 0 spiro atoms. The van der Waals surface area contributed by atoms with Crippen LogP contribution >= 0.6 is 0 Å². The van der Waals surface area contributed by atoms with Crippen LogP contribution in [0.3, 0.4) is 0 Å². The Morgan fingerprint density at radius 2 is 1.72 bits per heavy atom. The molecule has 2 aromatic rings. The number of likely N-dealkylation sites (N-methyl/N-ethyl adjacent to an activating group) is 1. The standard InChI is InChI=1S/C41H57N3O9/c1-27-14-19-33(41-37(52-29(3)46)35(51-28(2)45)25-40(53-41,26-50-41)39(4,5)49)24-32(27)23-31-17-15-30(16-18-31)11-10-13-36(47)44-21-9-8-12-34(44)38(48)42-20-22-43(6)7/h14-19,24,34-35,37,49H,8-13,20-23,25-26H2,1-7H3,(H,42,48)/t34-,35-,37+,40+,41-/m0/s1. The van der Waals surface area contributed by atoms with E-state index in [2.05, 4.69) is 29.6 Å². The molecule has 290 valence electrons. The van der Waals surface area contributed by atoms with Gasteiger partial charge in [0.2, 0.25) is 17.6 Å². The van der Waals surface area contributed by atoms with Gasteiger partial charge in [-0.1, -0.05) is 36.4 Å². The number of carbonyl (C=O) groups excluding carboxylic acids is 4. The van der Waals surface area contributed by atoms with Crippen molar-refractivity contribution >= 4 is 23.8 Å². The largest absolute Gasteiger partial charge is 0.458 e. The highest BCUT2D eigenvalue weighted by molar-refractivity contribution is 5.87. The number of hydrogen-bond acceptors (Lipinski definition) is 10. The predicted molar refractivity (Wildman–Crippen MR) is 198 cm³/mol. The zero-order valence-corrected chi connectivity index (χ0v) is 32.4. The molecule has 12 heteroatoms. The van der Waals surface area contributed by atoms with Crippen LogP contribution in [0.15, 0.2) is 42.5 Å². The molecule has 3 saturated heterocycles. The van der Waals surface area contributed by atoms with Crippen LogP contribution in [0.25, 0.3) is 0 Å². The molecule has 3 aliphatic heterocycles. The summed E-state index contributed by atoms with van der Waals surface area (Å²) in [5, 5.41) is 14.2. The Balaban J connectivity index is 1.26. The fourth-order valence-corrected chi connectivity index (χ4v) is 7.73.